The summed E-state index contributed by atoms with van der Waals surface area (Å²) in [6.45, 7) is 1.59. The minimum atomic E-state index is -2.24. The maximum Gasteiger partial charge on any atom is 0.244 e. The van der Waals surface area contributed by atoms with Crippen molar-refractivity contribution in [1.82, 2.24) is 0 Å². The first-order valence-corrected chi connectivity index (χ1v) is 10.3. The Bertz CT molecular complexity index is 1230. The van der Waals surface area contributed by atoms with Crippen LogP contribution in [0.2, 0.25) is 0 Å². The van der Waals surface area contributed by atoms with Crippen LogP contribution in [0.1, 0.15) is 24.2 Å². The third kappa shape index (κ3) is 2.48. The van der Waals surface area contributed by atoms with Crippen LogP contribution < -0.4 is 4.74 Å². The third-order valence-electron chi connectivity index (χ3n) is 6.41. The molecule has 2 aliphatic rings. The number of nitrogens with one attached hydrogen (secondary N) is 1. The van der Waals surface area contributed by atoms with Gasteiger partial charge in [-0.1, -0.05) is 28.9 Å². The van der Waals surface area contributed by atoms with Gasteiger partial charge < -0.3 is 14.2 Å². The Morgan fingerprint density at radius 3 is 2.28 bits per heavy atom. The van der Waals surface area contributed by atoms with Gasteiger partial charge in [-0.2, -0.15) is 15.8 Å². The van der Waals surface area contributed by atoms with Gasteiger partial charge in [-0.15, -0.1) is 0 Å². The maximum absolute atomic E-state index is 15.1. The van der Waals surface area contributed by atoms with E-state index < -0.39 is 40.4 Å². The molecule has 32 heavy (non-hydrogen) atoms. The Balaban J connectivity index is 2.03. The standard InChI is InChI=1S/C23H16BrFN4O3/c1-13-22(12-28)20(29)32-23(13,14-3-6-16(30-2)7-4-14)31-19(21(22,10-26)11-27)17-8-5-15(24)9-18(17)25/h3-9,13,19,29H,1-2H3. The lowest BCUT2D eigenvalue weighted by Gasteiger charge is -2.48. The van der Waals surface area contributed by atoms with Crippen LogP contribution in [0.3, 0.4) is 0 Å². The first kappa shape index (κ1) is 21.8. The smallest absolute Gasteiger partial charge is 0.244 e. The summed E-state index contributed by atoms with van der Waals surface area (Å²) in [5.41, 5.74) is -3.88. The van der Waals surface area contributed by atoms with Crippen molar-refractivity contribution >= 4 is 21.8 Å². The second kappa shape index (κ2) is 7.31. The molecule has 0 aliphatic carbocycles. The summed E-state index contributed by atoms with van der Waals surface area (Å²) in [5.74, 6) is -3.35. The first-order valence-electron chi connectivity index (χ1n) is 9.55. The molecule has 9 heteroatoms. The van der Waals surface area contributed by atoms with E-state index in [9.17, 15) is 15.8 Å². The highest BCUT2D eigenvalue weighted by atomic mass is 79.9. The van der Waals surface area contributed by atoms with Crippen LogP contribution in [0.25, 0.3) is 0 Å². The lowest BCUT2D eigenvalue weighted by Crippen LogP contribution is -2.57. The van der Waals surface area contributed by atoms with Crippen molar-refractivity contribution in [2.75, 3.05) is 7.11 Å². The van der Waals surface area contributed by atoms with Crippen LogP contribution in [0.15, 0.2) is 46.9 Å². The van der Waals surface area contributed by atoms with Gasteiger partial charge in [-0.3, -0.25) is 5.41 Å². The Morgan fingerprint density at radius 1 is 1.09 bits per heavy atom. The third-order valence-corrected chi connectivity index (χ3v) is 6.90. The minimum absolute atomic E-state index is 0.0842. The number of hydrogen-bond acceptors (Lipinski definition) is 7. The molecule has 2 bridgehead atoms. The van der Waals surface area contributed by atoms with Crippen LogP contribution in [0.4, 0.5) is 4.39 Å². The molecular formula is C23H16BrFN4O3. The van der Waals surface area contributed by atoms with Crippen LogP contribution in [0, 0.1) is 62.0 Å². The molecule has 0 aromatic heterocycles. The van der Waals surface area contributed by atoms with Gasteiger partial charge in [0.05, 0.1) is 31.2 Å². The van der Waals surface area contributed by atoms with Crippen molar-refractivity contribution in [3.8, 4) is 24.0 Å². The van der Waals surface area contributed by atoms with E-state index in [0.717, 1.165) is 0 Å². The molecule has 4 rings (SSSR count). The van der Waals surface area contributed by atoms with Gasteiger partial charge in [0, 0.05) is 15.6 Å². The molecule has 4 unspecified atom stereocenters. The van der Waals surface area contributed by atoms with E-state index in [1.807, 2.05) is 18.2 Å². The lowest BCUT2D eigenvalue weighted by molar-refractivity contribution is -0.289. The molecule has 0 amide bonds. The SMILES string of the molecule is COc1ccc(C23OC(=N)C(C#N)(C2C)C(C#N)(C#N)C(c2ccc(Br)cc2F)O3)cc1. The number of ether oxygens (including phenoxy) is 3. The quantitative estimate of drug-likeness (QED) is 0.658. The summed E-state index contributed by atoms with van der Waals surface area (Å²) in [5, 5.41) is 39.2. The van der Waals surface area contributed by atoms with Gasteiger partial charge in [-0.05, 0) is 36.4 Å². The van der Waals surface area contributed by atoms with Crippen LogP contribution in [0.5, 0.6) is 5.75 Å². The normalized spacial score (nSPS) is 29.8. The molecular weight excluding hydrogens is 479 g/mol. The molecule has 7 nitrogen and oxygen atoms in total. The highest BCUT2D eigenvalue weighted by molar-refractivity contribution is 9.10. The number of nitriles is 3. The lowest BCUT2D eigenvalue weighted by atomic mass is 9.53. The Labute approximate surface area is 192 Å². The predicted molar refractivity (Wildman–Crippen MR) is 112 cm³/mol. The minimum Gasteiger partial charge on any atom is -0.497 e. The van der Waals surface area contributed by atoms with Crippen molar-refractivity contribution in [1.29, 1.82) is 21.2 Å². The van der Waals surface area contributed by atoms with Gasteiger partial charge in [0.2, 0.25) is 17.1 Å². The number of methoxy groups -OCH3 is 1. The molecule has 160 valence electrons. The molecule has 2 saturated heterocycles. The van der Waals surface area contributed by atoms with Crippen LogP contribution >= 0.6 is 15.9 Å². The van der Waals surface area contributed by atoms with E-state index in [1.54, 1.807) is 37.3 Å². The number of rotatable bonds is 3. The Hall–Kier alpha value is -3.45. The molecule has 2 aliphatic heterocycles. The maximum atomic E-state index is 15.1. The molecule has 2 aromatic carbocycles. The number of fused-ring (bicyclic) bond motifs is 2. The van der Waals surface area contributed by atoms with Gasteiger partial charge in [0.15, 0.2) is 5.41 Å². The summed E-state index contributed by atoms with van der Waals surface area (Å²) in [4.78, 5) is 0. The van der Waals surface area contributed by atoms with Gasteiger partial charge in [0.25, 0.3) is 0 Å². The highest BCUT2D eigenvalue weighted by Crippen LogP contribution is 2.69. The van der Waals surface area contributed by atoms with E-state index in [4.69, 9.17) is 19.6 Å². The molecule has 0 saturated carbocycles. The number of nitrogens with zero attached hydrogens (tertiary/aromatic N) is 3. The largest absolute Gasteiger partial charge is 0.497 e. The summed E-state index contributed by atoms with van der Waals surface area (Å²) in [6, 6.07) is 16.5. The second-order valence-electron chi connectivity index (χ2n) is 7.66. The predicted octanol–water partition coefficient (Wildman–Crippen LogP) is 4.71. The Kier molecular flexibility index (Phi) is 4.97. The fourth-order valence-electron chi connectivity index (χ4n) is 4.68. The van der Waals surface area contributed by atoms with Crippen LogP contribution in [-0.2, 0) is 15.3 Å². The van der Waals surface area contributed by atoms with Gasteiger partial charge in [-0.25, -0.2) is 4.39 Å². The number of halogens is 2. The zero-order valence-electron chi connectivity index (χ0n) is 17.0. The summed E-state index contributed by atoms with van der Waals surface area (Å²) in [6.07, 6.45) is -1.51. The number of benzene rings is 2. The fourth-order valence-corrected chi connectivity index (χ4v) is 5.02. The topological polar surface area (TPSA) is 123 Å². The molecule has 2 fully saturated rings. The molecule has 0 radical (unpaired) electrons. The van der Waals surface area contributed by atoms with E-state index in [-0.39, 0.29) is 5.56 Å². The van der Waals surface area contributed by atoms with Crippen molar-refractivity contribution < 1.29 is 18.6 Å². The van der Waals surface area contributed by atoms with Crippen molar-refractivity contribution in [2.45, 2.75) is 18.8 Å². The molecule has 4 atom stereocenters. The van der Waals surface area contributed by atoms with Crippen LogP contribution in [-0.4, -0.2) is 13.0 Å². The second-order valence-corrected chi connectivity index (χ2v) is 8.58. The van der Waals surface area contributed by atoms with Crippen molar-refractivity contribution in [3.63, 3.8) is 0 Å². The average Bonchev–Trinajstić information content (AvgIpc) is 2.96. The van der Waals surface area contributed by atoms with E-state index >= 15 is 4.39 Å². The summed E-state index contributed by atoms with van der Waals surface area (Å²) >= 11 is 3.19. The fraction of sp³-hybridized carbons (Fsp3) is 0.304. The van der Waals surface area contributed by atoms with Gasteiger partial charge >= 0.3 is 0 Å². The first-order chi connectivity index (χ1) is 15.3. The van der Waals surface area contributed by atoms with Crippen molar-refractivity contribution in [2.24, 2.45) is 16.7 Å². The Morgan fingerprint density at radius 2 is 1.75 bits per heavy atom. The monoisotopic (exact) mass is 494 g/mol. The average molecular weight is 495 g/mol. The van der Waals surface area contributed by atoms with Gasteiger partial charge in [0.1, 0.15) is 17.7 Å². The summed E-state index contributed by atoms with van der Waals surface area (Å²) in [7, 11) is 1.51. The van der Waals surface area contributed by atoms with E-state index in [1.165, 1.54) is 19.2 Å². The number of hydrogen-bond donors (Lipinski definition) is 1. The molecule has 2 heterocycles. The molecule has 1 N–H and O–H groups in total. The van der Waals surface area contributed by atoms with E-state index in [2.05, 4.69) is 15.9 Å². The molecule has 0 spiro atoms. The summed E-state index contributed by atoms with van der Waals surface area (Å²) < 4.78 is 32.9. The van der Waals surface area contributed by atoms with E-state index in [0.29, 0.717) is 15.8 Å². The highest BCUT2D eigenvalue weighted by Gasteiger charge is 2.80. The zero-order chi connectivity index (χ0) is 23.3. The zero-order valence-corrected chi connectivity index (χ0v) is 18.6. The molecule has 2 aromatic rings. The van der Waals surface area contributed by atoms with Crippen molar-refractivity contribution in [3.05, 3.63) is 63.9 Å².